The second-order valence-electron chi connectivity index (χ2n) is 2.39. The van der Waals surface area contributed by atoms with E-state index in [9.17, 15) is 23.6 Å². The fourth-order valence-corrected chi connectivity index (χ4v) is 1.20. The van der Waals surface area contributed by atoms with Crippen molar-refractivity contribution in [1.29, 1.82) is 0 Å². The van der Waals surface area contributed by atoms with Crippen LogP contribution in [0.2, 0.25) is 0 Å². The molecule has 0 saturated heterocycles. The maximum Gasteiger partial charge on any atom is 0.446 e. The SMILES string of the molecule is O=[N+]([O-])c1cccc(OS(=O)(=O)O)c1O. The average molecular weight is 235 g/mol. The average Bonchev–Trinajstić information content (AvgIpc) is 2.05. The molecule has 9 heteroatoms. The second kappa shape index (κ2) is 3.71. The molecule has 0 unspecified atom stereocenters. The molecule has 0 aromatic heterocycles. The molecule has 0 aliphatic carbocycles. The molecule has 0 fully saturated rings. The fourth-order valence-electron chi connectivity index (χ4n) is 0.839. The van der Waals surface area contributed by atoms with Crippen LogP contribution in [-0.2, 0) is 10.4 Å². The third kappa shape index (κ3) is 2.79. The van der Waals surface area contributed by atoms with Gasteiger partial charge in [0.1, 0.15) is 0 Å². The second-order valence-corrected chi connectivity index (χ2v) is 3.41. The van der Waals surface area contributed by atoms with Gasteiger partial charge in [0.2, 0.25) is 5.75 Å². The lowest BCUT2D eigenvalue weighted by Gasteiger charge is -2.03. The van der Waals surface area contributed by atoms with Crippen molar-refractivity contribution in [2.45, 2.75) is 0 Å². The first kappa shape index (κ1) is 11.2. The van der Waals surface area contributed by atoms with Gasteiger partial charge >= 0.3 is 16.1 Å². The molecule has 1 rings (SSSR count). The van der Waals surface area contributed by atoms with Crippen LogP contribution in [0.15, 0.2) is 18.2 Å². The summed E-state index contributed by atoms with van der Waals surface area (Å²) in [5.41, 5.74) is -0.726. The Morgan fingerprint density at radius 3 is 2.47 bits per heavy atom. The third-order valence-corrected chi connectivity index (χ3v) is 1.76. The number of nitro benzene ring substituents is 1. The zero-order valence-corrected chi connectivity index (χ0v) is 7.84. The third-order valence-electron chi connectivity index (χ3n) is 1.37. The van der Waals surface area contributed by atoms with Crippen LogP contribution in [0.4, 0.5) is 5.69 Å². The van der Waals surface area contributed by atoms with E-state index >= 15 is 0 Å². The Hall–Kier alpha value is -1.87. The minimum atomic E-state index is -4.82. The largest absolute Gasteiger partial charge is 0.499 e. The van der Waals surface area contributed by atoms with Crippen LogP contribution in [0.25, 0.3) is 0 Å². The number of rotatable bonds is 3. The molecule has 0 radical (unpaired) electrons. The Bertz CT molecular complexity index is 494. The molecule has 15 heavy (non-hydrogen) atoms. The Balaban J connectivity index is 3.22. The summed E-state index contributed by atoms with van der Waals surface area (Å²) >= 11 is 0. The van der Waals surface area contributed by atoms with Gasteiger partial charge in [-0.05, 0) is 6.07 Å². The lowest BCUT2D eigenvalue weighted by Crippen LogP contribution is -2.07. The molecule has 0 bridgehead atoms. The molecular formula is C6H5NO7S. The van der Waals surface area contributed by atoms with Crippen molar-refractivity contribution in [1.82, 2.24) is 0 Å². The maximum absolute atomic E-state index is 10.3. The maximum atomic E-state index is 10.3. The predicted molar refractivity (Wildman–Crippen MR) is 46.9 cm³/mol. The van der Waals surface area contributed by atoms with Crippen LogP contribution < -0.4 is 4.18 Å². The first-order valence-corrected chi connectivity index (χ1v) is 4.81. The standard InChI is InChI=1S/C6H5NO7S/c8-6-4(7(9)10)2-1-3-5(6)14-15(11,12)13/h1-3,8H,(H,11,12,13). The van der Waals surface area contributed by atoms with E-state index < -0.39 is 32.5 Å². The highest BCUT2D eigenvalue weighted by Gasteiger charge is 2.20. The summed E-state index contributed by atoms with van der Waals surface area (Å²) in [6.07, 6.45) is 0. The van der Waals surface area contributed by atoms with E-state index in [1.54, 1.807) is 0 Å². The van der Waals surface area contributed by atoms with E-state index in [-0.39, 0.29) is 0 Å². The van der Waals surface area contributed by atoms with Crippen molar-refractivity contribution in [3.05, 3.63) is 28.3 Å². The summed E-state index contributed by atoms with van der Waals surface area (Å²) in [6.45, 7) is 0. The smallest absolute Gasteiger partial charge is 0.446 e. The predicted octanol–water partition coefficient (Wildman–Crippen LogP) is 0.482. The van der Waals surface area contributed by atoms with Gasteiger partial charge in [0.05, 0.1) is 4.92 Å². The Kier molecular flexibility index (Phi) is 2.77. The van der Waals surface area contributed by atoms with Gasteiger partial charge in [-0.2, -0.15) is 8.42 Å². The summed E-state index contributed by atoms with van der Waals surface area (Å²) in [6, 6.07) is 3.00. The Morgan fingerprint density at radius 1 is 1.40 bits per heavy atom. The number of nitrogens with zero attached hydrogens (tertiary/aromatic N) is 1. The lowest BCUT2D eigenvalue weighted by molar-refractivity contribution is -0.385. The minimum Gasteiger partial charge on any atom is -0.499 e. The highest BCUT2D eigenvalue weighted by atomic mass is 32.3. The molecular weight excluding hydrogens is 230 g/mol. The molecule has 1 aromatic rings. The molecule has 1 aromatic carbocycles. The van der Waals surface area contributed by atoms with Crippen molar-refractivity contribution < 1.29 is 27.2 Å². The summed E-state index contributed by atoms with van der Waals surface area (Å²) in [7, 11) is -4.82. The lowest BCUT2D eigenvalue weighted by atomic mass is 10.3. The van der Waals surface area contributed by atoms with Crippen molar-refractivity contribution >= 4 is 16.1 Å². The van der Waals surface area contributed by atoms with Crippen LogP contribution in [-0.4, -0.2) is 23.0 Å². The van der Waals surface area contributed by atoms with Crippen LogP contribution in [0.1, 0.15) is 0 Å². The normalized spacial score (nSPS) is 11.0. The van der Waals surface area contributed by atoms with Crippen LogP contribution in [0.3, 0.4) is 0 Å². The van der Waals surface area contributed by atoms with Gasteiger partial charge in [-0.1, -0.05) is 6.07 Å². The summed E-state index contributed by atoms with van der Waals surface area (Å²) in [4.78, 5) is 9.39. The van der Waals surface area contributed by atoms with Gasteiger partial charge in [0.15, 0.2) is 5.75 Å². The van der Waals surface area contributed by atoms with Crippen molar-refractivity contribution in [3.8, 4) is 11.5 Å². The number of phenols is 1. The Morgan fingerprint density at radius 2 is 2.00 bits per heavy atom. The number of hydrogen-bond donors (Lipinski definition) is 2. The first-order chi connectivity index (χ1) is 6.81. The number of aromatic hydroxyl groups is 1. The topological polar surface area (TPSA) is 127 Å². The van der Waals surface area contributed by atoms with Gasteiger partial charge in [0.25, 0.3) is 0 Å². The zero-order valence-electron chi connectivity index (χ0n) is 7.02. The van der Waals surface area contributed by atoms with Crippen LogP contribution >= 0.6 is 0 Å². The first-order valence-electron chi connectivity index (χ1n) is 3.44. The molecule has 0 heterocycles. The monoisotopic (exact) mass is 235 g/mol. The molecule has 0 aliphatic heterocycles. The highest BCUT2D eigenvalue weighted by molar-refractivity contribution is 7.81. The summed E-state index contributed by atoms with van der Waals surface area (Å²) < 4.78 is 32.8. The minimum absolute atomic E-state index is 0.716. The van der Waals surface area contributed by atoms with E-state index in [2.05, 4.69) is 4.18 Å². The van der Waals surface area contributed by atoms with Gasteiger partial charge in [-0.3, -0.25) is 14.7 Å². The molecule has 0 saturated carbocycles. The number of phenolic OH excluding ortho intramolecular Hbond substituents is 1. The number of benzene rings is 1. The number of para-hydroxylation sites is 1. The van der Waals surface area contributed by atoms with Gasteiger partial charge in [-0.15, -0.1) is 0 Å². The van der Waals surface area contributed by atoms with Crippen LogP contribution in [0, 0.1) is 10.1 Å². The molecule has 2 N–H and O–H groups in total. The van der Waals surface area contributed by atoms with E-state index in [0.29, 0.717) is 0 Å². The van der Waals surface area contributed by atoms with Gasteiger partial charge < -0.3 is 9.29 Å². The van der Waals surface area contributed by atoms with Crippen molar-refractivity contribution in [2.24, 2.45) is 0 Å². The van der Waals surface area contributed by atoms with E-state index in [0.717, 1.165) is 18.2 Å². The van der Waals surface area contributed by atoms with Crippen molar-refractivity contribution in [3.63, 3.8) is 0 Å². The van der Waals surface area contributed by atoms with E-state index in [1.165, 1.54) is 0 Å². The van der Waals surface area contributed by atoms with E-state index in [1.807, 2.05) is 0 Å². The molecule has 0 amide bonds. The summed E-state index contributed by atoms with van der Waals surface area (Å²) in [5.74, 6) is -1.69. The molecule has 0 aliphatic rings. The van der Waals surface area contributed by atoms with Gasteiger partial charge in [0, 0.05) is 6.07 Å². The van der Waals surface area contributed by atoms with E-state index in [4.69, 9.17) is 4.55 Å². The quantitative estimate of drug-likeness (QED) is 0.443. The van der Waals surface area contributed by atoms with Crippen LogP contribution in [0.5, 0.6) is 11.5 Å². The fraction of sp³-hybridized carbons (Fsp3) is 0. The molecule has 82 valence electrons. The molecule has 0 atom stereocenters. The summed E-state index contributed by atoms with van der Waals surface area (Å²) in [5, 5.41) is 19.5. The molecule has 8 nitrogen and oxygen atoms in total. The Labute approximate surface area is 83.8 Å². The highest BCUT2D eigenvalue weighted by Crippen LogP contribution is 2.35. The number of nitro groups is 1. The molecule has 0 spiro atoms. The zero-order chi connectivity index (χ0) is 11.6. The van der Waals surface area contributed by atoms with Crippen molar-refractivity contribution in [2.75, 3.05) is 0 Å². The number of hydrogen-bond acceptors (Lipinski definition) is 6. The van der Waals surface area contributed by atoms with Gasteiger partial charge in [-0.25, -0.2) is 0 Å².